The third kappa shape index (κ3) is 3.13. The molecule has 0 bridgehead atoms. The Kier molecular flexibility index (Phi) is 4.67. The zero-order valence-electron chi connectivity index (χ0n) is 10.8. The molecule has 1 atom stereocenters. The van der Waals surface area contributed by atoms with E-state index in [1.54, 1.807) is 12.1 Å². The highest BCUT2D eigenvalue weighted by Gasteiger charge is 2.35. The van der Waals surface area contributed by atoms with Crippen molar-refractivity contribution < 1.29 is 18.3 Å². The Morgan fingerprint density at radius 2 is 2.05 bits per heavy atom. The Morgan fingerprint density at radius 3 is 2.70 bits per heavy atom. The maximum atomic E-state index is 12.6. The smallest absolute Gasteiger partial charge is 0.304 e. The average molecular weight is 318 g/mol. The second-order valence-electron chi connectivity index (χ2n) is 4.79. The fourth-order valence-corrected chi connectivity index (χ4v) is 4.66. The van der Waals surface area contributed by atoms with Crippen molar-refractivity contribution in [2.24, 2.45) is 0 Å². The minimum atomic E-state index is -3.75. The summed E-state index contributed by atoms with van der Waals surface area (Å²) < 4.78 is 26.6. The minimum Gasteiger partial charge on any atom is -0.481 e. The van der Waals surface area contributed by atoms with E-state index in [2.05, 4.69) is 0 Å². The Labute approximate surface area is 123 Å². The van der Waals surface area contributed by atoms with Crippen molar-refractivity contribution in [3.8, 4) is 0 Å². The first-order chi connectivity index (χ1) is 9.43. The molecule has 2 rings (SSSR count). The van der Waals surface area contributed by atoms with Gasteiger partial charge in [-0.15, -0.1) is 0 Å². The number of nitrogens with zero attached hydrogens (tertiary/aromatic N) is 1. The molecule has 20 heavy (non-hydrogen) atoms. The van der Waals surface area contributed by atoms with Gasteiger partial charge in [0.15, 0.2) is 0 Å². The normalized spacial score (nSPS) is 20.8. The van der Waals surface area contributed by atoms with Gasteiger partial charge in [-0.1, -0.05) is 30.2 Å². The molecule has 0 amide bonds. The predicted octanol–water partition coefficient (Wildman–Crippen LogP) is 2.36. The van der Waals surface area contributed by atoms with Gasteiger partial charge in [-0.3, -0.25) is 4.79 Å². The second kappa shape index (κ2) is 6.11. The van der Waals surface area contributed by atoms with Crippen molar-refractivity contribution in [2.75, 3.05) is 6.54 Å². The standard InChI is InChI=1S/C13H16ClNO4S/c14-11-6-1-2-7-12(11)20(18,19)15-8-4-3-5-10(15)9-13(16)17/h1-2,6-7,10H,3-5,8-9H2,(H,16,17). The van der Waals surface area contributed by atoms with Crippen molar-refractivity contribution in [2.45, 2.75) is 36.6 Å². The summed E-state index contributed by atoms with van der Waals surface area (Å²) in [7, 11) is -3.75. The third-order valence-corrected chi connectivity index (χ3v) is 5.86. The van der Waals surface area contributed by atoms with Crippen molar-refractivity contribution >= 4 is 27.6 Å². The lowest BCUT2D eigenvalue weighted by Gasteiger charge is -2.34. The SMILES string of the molecule is O=C(O)CC1CCCCN1S(=O)(=O)c1ccccc1Cl. The zero-order chi connectivity index (χ0) is 14.8. The van der Waals surface area contributed by atoms with Crippen LogP contribution in [0.5, 0.6) is 0 Å². The van der Waals surface area contributed by atoms with Crippen LogP contribution in [0.15, 0.2) is 29.2 Å². The number of sulfonamides is 1. The number of carbonyl (C=O) groups is 1. The summed E-state index contributed by atoms with van der Waals surface area (Å²) >= 11 is 5.96. The van der Waals surface area contributed by atoms with Gasteiger partial charge in [0.2, 0.25) is 10.0 Å². The molecule has 0 aliphatic carbocycles. The third-order valence-electron chi connectivity index (χ3n) is 3.41. The molecule has 1 aliphatic heterocycles. The van der Waals surface area contributed by atoms with Crippen LogP contribution in [0.2, 0.25) is 5.02 Å². The summed E-state index contributed by atoms with van der Waals surface area (Å²) in [4.78, 5) is 10.9. The molecule has 0 aromatic heterocycles. The topological polar surface area (TPSA) is 74.7 Å². The number of piperidine rings is 1. The number of halogens is 1. The molecule has 0 radical (unpaired) electrons. The summed E-state index contributed by atoms with van der Waals surface area (Å²) in [6.45, 7) is 0.339. The number of aliphatic carboxylic acids is 1. The molecule has 1 fully saturated rings. The van der Waals surface area contributed by atoms with Crippen molar-refractivity contribution in [3.05, 3.63) is 29.3 Å². The van der Waals surface area contributed by atoms with Gasteiger partial charge in [-0.25, -0.2) is 8.42 Å². The van der Waals surface area contributed by atoms with Gasteiger partial charge in [0.05, 0.1) is 11.4 Å². The van der Waals surface area contributed by atoms with Crippen LogP contribution >= 0.6 is 11.6 Å². The molecule has 5 nitrogen and oxygen atoms in total. The van der Waals surface area contributed by atoms with Crippen LogP contribution in [0.25, 0.3) is 0 Å². The van der Waals surface area contributed by atoms with Crippen LogP contribution < -0.4 is 0 Å². The molecule has 7 heteroatoms. The quantitative estimate of drug-likeness (QED) is 0.925. The van der Waals surface area contributed by atoms with Gasteiger partial charge in [0, 0.05) is 12.6 Å². The molecule has 1 aromatic rings. The number of rotatable bonds is 4. The number of benzene rings is 1. The lowest BCUT2D eigenvalue weighted by Crippen LogP contribution is -2.44. The first-order valence-electron chi connectivity index (χ1n) is 6.41. The van der Waals surface area contributed by atoms with Gasteiger partial charge in [-0.2, -0.15) is 4.31 Å². The summed E-state index contributed by atoms with van der Waals surface area (Å²) in [6.07, 6.45) is 1.96. The second-order valence-corrected chi connectivity index (χ2v) is 7.06. The Morgan fingerprint density at radius 1 is 1.35 bits per heavy atom. The number of carboxylic acids is 1. The Balaban J connectivity index is 2.36. The van der Waals surface area contributed by atoms with Crippen LogP contribution in [-0.4, -0.2) is 36.4 Å². The largest absolute Gasteiger partial charge is 0.481 e. The average Bonchev–Trinajstić information content (AvgIpc) is 2.38. The van der Waals surface area contributed by atoms with E-state index in [4.69, 9.17) is 16.7 Å². The van der Waals surface area contributed by atoms with Crippen molar-refractivity contribution in [3.63, 3.8) is 0 Å². The van der Waals surface area contributed by atoms with E-state index < -0.39 is 22.0 Å². The molecule has 1 heterocycles. The minimum absolute atomic E-state index is 0.0407. The maximum Gasteiger partial charge on any atom is 0.304 e. The Hall–Kier alpha value is -1.11. The number of hydrogen-bond donors (Lipinski definition) is 1. The fourth-order valence-electron chi connectivity index (χ4n) is 2.48. The van der Waals surface area contributed by atoms with Crippen molar-refractivity contribution in [1.82, 2.24) is 4.31 Å². The summed E-state index contributed by atoms with van der Waals surface area (Å²) in [5.41, 5.74) is 0. The van der Waals surface area contributed by atoms with E-state index in [1.165, 1.54) is 16.4 Å². The van der Waals surface area contributed by atoms with Crippen LogP contribution in [0.1, 0.15) is 25.7 Å². The lowest BCUT2D eigenvalue weighted by atomic mass is 10.0. The summed E-state index contributed by atoms with van der Waals surface area (Å²) in [6, 6.07) is 5.73. The number of hydrogen-bond acceptors (Lipinski definition) is 3. The molecule has 0 spiro atoms. The van der Waals surface area contributed by atoms with Crippen LogP contribution in [-0.2, 0) is 14.8 Å². The van der Waals surface area contributed by atoms with Gasteiger partial charge < -0.3 is 5.11 Å². The molecular formula is C13H16ClNO4S. The molecule has 110 valence electrons. The van der Waals surface area contributed by atoms with E-state index >= 15 is 0 Å². The molecule has 1 N–H and O–H groups in total. The lowest BCUT2D eigenvalue weighted by molar-refractivity contribution is -0.138. The molecule has 1 aromatic carbocycles. The summed E-state index contributed by atoms with van der Waals surface area (Å²) in [5.74, 6) is -0.990. The predicted molar refractivity (Wildman–Crippen MR) is 75.2 cm³/mol. The molecule has 1 saturated heterocycles. The monoisotopic (exact) mass is 317 g/mol. The van der Waals surface area contributed by atoms with Gasteiger partial charge in [0.1, 0.15) is 4.90 Å². The molecule has 1 aliphatic rings. The van der Waals surface area contributed by atoms with E-state index in [0.29, 0.717) is 13.0 Å². The highest BCUT2D eigenvalue weighted by molar-refractivity contribution is 7.89. The zero-order valence-corrected chi connectivity index (χ0v) is 12.4. The maximum absolute atomic E-state index is 12.6. The van der Waals surface area contributed by atoms with E-state index in [9.17, 15) is 13.2 Å². The van der Waals surface area contributed by atoms with Gasteiger partial charge >= 0.3 is 5.97 Å². The fraction of sp³-hybridized carbons (Fsp3) is 0.462. The van der Waals surface area contributed by atoms with Crippen molar-refractivity contribution in [1.29, 1.82) is 0 Å². The van der Waals surface area contributed by atoms with Crippen LogP contribution in [0.4, 0.5) is 0 Å². The first kappa shape index (κ1) is 15.3. The highest BCUT2D eigenvalue weighted by atomic mass is 35.5. The van der Waals surface area contributed by atoms with Gasteiger partial charge in [-0.05, 0) is 25.0 Å². The summed E-state index contributed by atoms with van der Waals surface area (Å²) in [5, 5.41) is 9.09. The first-order valence-corrected chi connectivity index (χ1v) is 8.23. The number of carboxylic acid groups (broad SMARTS) is 1. The molecule has 0 saturated carbocycles. The van der Waals surface area contributed by atoms with E-state index in [1.807, 2.05) is 0 Å². The molecular weight excluding hydrogens is 302 g/mol. The van der Waals surface area contributed by atoms with Gasteiger partial charge in [0.25, 0.3) is 0 Å². The highest BCUT2D eigenvalue weighted by Crippen LogP contribution is 2.30. The van der Waals surface area contributed by atoms with E-state index in [-0.39, 0.29) is 16.3 Å². The van der Waals surface area contributed by atoms with Crippen LogP contribution in [0.3, 0.4) is 0 Å². The van der Waals surface area contributed by atoms with Crippen LogP contribution in [0, 0.1) is 0 Å². The molecule has 1 unspecified atom stereocenters. The van der Waals surface area contributed by atoms with E-state index in [0.717, 1.165) is 12.8 Å². The Bertz CT molecular complexity index is 602.